The third-order valence-corrected chi connectivity index (χ3v) is 4.42. The average molecular weight is 305 g/mol. The molecule has 0 fully saturated rings. The molecule has 0 aliphatic heterocycles. The molecule has 1 aromatic carbocycles. The SMILES string of the molecule is Cc1cc(C)nc(NS(=O)(=O)c2ccc(C(C)N)cc2)c1. The van der Waals surface area contributed by atoms with Crippen molar-refractivity contribution in [2.75, 3.05) is 4.72 Å². The van der Waals surface area contributed by atoms with E-state index >= 15 is 0 Å². The highest BCUT2D eigenvalue weighted by Crippen LogP contribution is 2.18. The zero-order valence-electron chi connectivity index (χ0n) is 12.3. The van der Waals surface area contributed by atoms with Crippen LogP contribution in [0.15, 0.2) is 41.3 Å². The van der Waals surface area contributed by atoms with E-state index in [0.717, 1.165) is 16.8 Å². The zero-order valence-corrected chi connectivity index (χ0v) is 13.1. The van der Waals surface area contributed by atoms with Crippen molar-refractivity contribution in [2.24, 2.45) is 5.73 Å². The van der Waals surface area contributed by atoms with E-state index in [1.807, 2.05) is 26.8 Å². The third kappa shape index (κ3) is 3.80. The summed E-state index contributed by atoms with van der Waals surface area (Å²) in [7, 11) is -3.64. The van der Waals surface area contributed by atoms with Crippen LogP contribution in [0, 0.1) is 13.8 Å². The fraction of sp³-hybridized carbons (Fsp3) is 0.267. The van der Waals surface area contributed by atoms with Gasteiger partial charge < -0.3 is 5.73 Å². The van der Waals surface area contributed by atoms with Gasteiger partial charge in [0.05, 0.1) is 4.90 Å². The Kier molecular flexibility index (Phi) is 4.29. The van der Waals surface area contributed by atoms with Crippen molar-refractivity contribution < 1.29 is 8.42 Å². The minimum Gasteiger partial charge on any atom is -0.324 e. The van der Waals surface area contributed by atoms with Gasteiger partial charge in [0.25, 0.3) is 10.0 Å². The predicted octanol–water partition coefficient (Wildman–Crippen LogP) is 2.52. The molecular formula is C15H19N3O2S. The summed E-state index contributed by atoms with van der Waals surface area (Å²) in [4.78, 5) is 4.37. The number of nitrogens with one attached hydrogen (secondary N) is 1. The van der Waals surface area contributed by atoms with Crippen LogP contribution in [0.1, 0.15) is 29.8 Å². The molecule has 0 amide bonds. The van der Waals surface area contributed by atoms with Gasteiger partial charge in [-0.3, -0.25) is 4.72 Å². The molecule has 6 heteroatoms. The molecule has 5 nitrogen and oxygen atoms in total. The van der Waals surface area contributed by atoms with Crippen molar-refractivity contribution in [2.45, 2.75) is 31.7 Å². The molecule has 0 saturated heterocycles. The Morgan fingerprint density at radius 3 is 2.29 bits per heavy atom. The van der Waals surface area contributed by atoms with Crippen LogP contribution in [-0.2, 0) is 10.0 Å². The lowest BCUT2D eigenvalue weighted by Crippen LogP contribution is -2.14. The van der Waals surface area contributed by atoms with E-state index in [0.29, 0.717) is 5.82 Å². The van der Waals surface area contributed by atoms with Crippen molar-refractivity contribution >= 4 is 15.8 Å². The van der Waals surface area contributed by atoms with Gasteiger partial charge in [-0.05, 0) is 56.2 Å². The molecule has 1 heterocycles. The predicted molar refractivity (Wildman–Crippen MR) is 83.6 cm³/mol. The first-order valence-electron chi connectivity index (χ1n) is 6.61. The summed E-state index contributed by atoms with van der Waals surface area (Å²) < 4.78 is 27.1. The Morgan fingerprint density at radius 1 is 1.14 bits per heavy atom. The van der Waals surface area contributed by atoms with Crippen LogP contribution in [0.25, 0.3) is 0 Å². The number of sulfonamides is 1. The van der Waals surface area contributed by atoms with Crippen molar-refractivity contribution in [3.63, 3.8) is 0 Å². The molecule has 2 aromatic rings. The minimum atomic E-state index is -3.64. The van der Waals surface area contributed by atoms with E-state index in [4.69, 9.17) is 5.73 Å². The summed E-state index contributed by atoms with van der Waals surface area (Å²) in [5.41, 5.74) is 8.36. The molecular weight excluding hydrogens is 286 g/mol. The molecule has 3 N–H and O–H groups in total. The average Bonchev–Trinajstić information content (AvgIpc) is 2.37. The number of hydrogen-bond donors (Lipinski definition) is 2. The highest BCUT2D eigenvalue weighted by Gasteiger charge is 2.15. The maximum absolute atomic E-state index is 12.3. The second-order valence-corrected chi connectivity index (χ2v) is 6.82. The maximum Gasteiger partial charge on any atom is 0.263 e. The van der Waals surface area contributed by atoms with Gasteiger partial charge in [-0.15, -0.1) is 0 Å². The number of anilines is 1. The fourth-order valence-corrected chi connectivity index (χ4v) is 3.03. The topological polar surface area (TPSA) is 85.1 Å². The second-order valence-electron chi connectivity index (χ2n) is 5.13. The summed E-state index contributed by atoms with van der Waals surface area (Å²) in [6.45, 7) is 5.56. The van der Waals surface area contributed by atoms with E-state index < -0.39 is 10.0 Å². The number of pyridine rings is 1. The number of benzene rings is 1. The van der Waals surface area contributed by atoms with Gasteiger partial charge in [-0.25, -0.2) is 13.4 Å². The molecule has 0 radical (unpaired) electrons. The quantitative estimate of drug-likeness (QED) is 0.909. The number of aryl methyl sites for hydroxylation is 2. The molecule has 0 saturated carbocycles. The van der Waals surface area contributed by atoms with Gasteiger partial charge in [0.2, 0.25) is 0 Å². The monoisotopic (exact) mass is 305 g/mol. The van der Waals surface area contributed by atoms with Gasteiger partial charge in [-0.1, -0.05) is 12.1 Å². The summed E-state index contributed by atoms with van der Waals surface area (Å²) >= 11 is 0. The molecule has 0 aliphatic carbocycles. The molecule has 2 rings (SSSR count). The summed E-state index contributed by atoms with van der Waals surface area (Å²) in [6, 6.07) is 9.97. The third-order valence-electron chi connectivity index (χ3n) is 3.05. The summed E-state index contributed by atoms with van der Waals surface area (Å²) in [5.74, 6) is 0.323. The molecule has 0 spiro atoms. The van der Waals surface area contributed by atoms with E-state index in [1.165, 1.54) is 0 Å². The largest absolute Gasteiger partial charge is 0.324 e. The summed E-state index contributed by atoms with van der Waals surface area (Å²) in [6.07, 6.45) is 0. The normalized spacial score (nSPS) is 13.0. The Balaban J connectivity index is 2.29. The van der Waals surface area contributed by atoms with Crippen LogP contribution in [0.5, 0.6) is 0 Å². The van der Waals surface area contributed by atoms with Gasteiger partial charge in [0.15, 0.2) is 0 Å². The first kappa shape index (κ1) is 15.5. The lowest BCUT2D eigenvalue weighted by Gasteiger charge is -2.10. The number of nitrogens with two attached hydrogens (primary N) is 1. The molecule has 21 heavy (non-hydrogen) atoms. The zero-order chi connectivity index (χ0) is 15.6. The van der Waals surface area contributed by atoms with Gasteiger partial charge >= 0.3 is 0 Å². The smallest absolute Gasteiger partial charge is 0.263 e. The van der Waals surface area contributed by atoms with Gasteiger partial charge in [0, 0.05) is 11.7 Å². The van der Waals surface area contributed by atoms with Crippen LogP contribution in [0.2, 0.25) is 0 Å². The second kappa shape index (κ2) is 5.83. The lowest BCUT2D eigenvalue weighted by molar-refractivity contribution is 0.601. The van der Waals surface area contributed by atoms with Crippen LogP contribution in [0.4, 0.5) is 5.82 Å². The summed E-state index contributed by atoms with van der Waals surface area (Å²) in [5, 5.41) is 0. The number of rotatable bonds is 4. The van der Waals surface area contributed by atoms with Crippen molar-refractivity contribution in [1.82, 2.24) is 4.98 Å². The van der Waals surface area contributed by atoms with Crippen molar-refractivity contribution in [1.29, 1.82) is 0 Å². The number of aromatic nitrogens is 1. The molecule has 0 aliphatic rings. The fourth-order valence-electron chi connectivity index (χ4n) is 2.04. The van der Waals surface area contributed by atoms with E-state index in [1.54, 1.807) is 30.3 Å². The van der Waals surface area contributed by atoms with Gasteiger partial charge in [0.1, 0.15) is 5.82 Å². The van der Waals surface area contributed by atoms with Crippen LogP contribution < -0.4 is 10.5 Å². The number of hydrogen-bond acceptors (Lipinski definition) is 4. The van der Waals surface area contributed by atoms with E-state index in [-0.39, 0.29) is 10.9 Å². The Hall–Kier alpha value is -1.92. The van der Waals surface area contributed by atoms with Crippen molar-refractivity contribution in [3.8, 4) is 0 Å². The van der Waals surface area contributed by atoms with Gasteiger partial charge in [-0.2, -0.15) is 0 Å². The Morgan fingerprint density at radius 2 is 1.76 bits per heavy atom. The van der Waals surface area contributed by atoms with E-state index in [2.05, 4.69) is 9.71 Å². The molecule has 1 unspecified atom stereocenters. The lowest BCUT2D eigenvalue weighted by atomic mass is 10.1. The maximum atomic E-state index is 12.3. The molecule has 1 atom stereocenters. The molecule has 112 valence electrons. The Labute approximate surface area is 125 Å². The first-order valence-corrected chi connectivity index (χ1v) is 8.10. The van der Waals surface area contributed by atoms with Crippen LogP contribution in [0.3, 0.4) is 0 Å². The minimum absolute atomic E-state index is 0.129. The first-order chi connectivity index (χ1) is 9.78. The standard InChI is InChI=1S/C15H19N3O2S/c1-10-8-11(2)17-15(9-10)18-21(19,20)14-6-4-13(5-7-14)12(3)16/h4-9,12H,16H2,1-3H3,(H,17,18). The van der Waals surface area contributed by atoms with Crippen molar-refractivity contribution in [3.05, 3.63) is 53.2 Å². The molecule has 1 aromatic heterocycles. The highest BCUT2D eigenvalue weighted by atomic mass is 32.2. The van der Waals surface area contributed by atoms with E-state index in [9.17, 15) is 8.42 Å². The van der Waals surface area contributed by atoms with Crippen LogP contribution in [-0.4, -0.2) is 13.4 Å². The highest BCUT2D eigenvalue weighted by molar-refractivity contribution is 7.92. The van der Waals surface area contributed by atoms with Crippen LogP contribution >= 0.6 is 0 Å². The molecule has 0 bridgehead atoms. The number of nitrogens with zero attached hydrogens (tertiary/aromatic N) is 1. The Bertz CT molecular complexity index is 718.